The summed E-state index contributed by atoms with van der Waals surface area (Å²) >= 11 is 6.73. The summed E-state index contributed by atoms with van der Waals surface area (Å²) in [6, 6.07) is 6.02. The molecule has 1 amide bonds. The van der Waals surface area contributed by atoms with Crippen LogP contribution in [0.2, 0.25) is 5.02 Å². The van der Waals surface area contributed by atoms with Crippen molar-refractivity contribution in [2.75, 3.05) is 24.5 Å². The minimum Gasteiger partial charge on any atom is -0.350 e. The topological polar surface area (TPSA) is 84.2 Å². The summed E-state index contributed by atoms with van der Waals surface area (Å²) in [5, 5.41) is 0.380. The molecule has 0 saturated carbocycles. The van der Waals surface area contributed by atoms with Crippen LogP contribution in [0, 0.1) is 12.7 Å². The molecular formula is C32H32ClF3N6O2. The van der Waals surface area contributed by atoms with E-state index in [1.807, 2.05) is 32.6 Å². The average Bonchev–Trinajstić information content (AvgIpc) is 2.96. The van der Waals surface area contributed by atoms with Gasteiger partial charge in [-0.25, -0.2) is 27.5 Å². The molecule has 4 aromatic rings. The Labute approximate surface area is 257 Å². The van der Waals surface area contributed by atoms with E-state index in [1.54, 1.807) is 17.2 Å². The molecule has 0 aliphatic carbocycles. The van der Waals surface area contributed by atoms with Crippen LogP contribution in [0.25, 0.3) is 28.0 Å². The molecule has 0 spiro atoms. The zero-order valence-electron chi connectivity index (χ0n) is 25.0. The number of fused-ring (bicyclic) bond motifs is 1. The van der Waals surface area contributed by atoms with Crippen LogP contribution in [0.15, 0.2) is 54.0 Å². The van der Waals surface area contributed by atoms with Crippen molar-refractivity contribution >= 4 is 34.4 Å². The van der Waals surface area contributed by atoms with Crippen molar-refractivity contribution < 1.29 is 18.0 Å². The van der Waals surface area contributed by atoms with Crippen molar-refractivity contribution in [3.8, 4) is 16.9 Å². The molecule has 12 heteroatoms. The lowest BCUT2D eigenvalue weighted by molar-refractivity contribution is -0.126. The Hall–Kier alpha value is -4.25. The number of aryl methyl sites for hydroxylation is 1. The first kappa shape index (κ1) is 31.2. The lowest BCUT2D eigenvalue weighted by Crippen LogP contribution is -2.54. The van der Waals surface area contributed by atoms with Gasteiger partial charge in [0.05, 0.1) is 27.5 Å². The highest BCUT2D eigenvalue weighted by Gasteiger charge is 2.31. The zero-order chi connectivity index (χ0) is 32.1. The molecule has 1 saturated heterocycles. The molecule has 44 heavy (non-hydrogen) atoms. The van der Waals surface area contributed by atoms with Gasteiger partial charge in [-0.15, -0.1) is 0 Å². The second-order valence-corrected chi connectivity index (χ2v) is 11.8. The molecular weight excluding hydrogens is 593 g/mol. The Kier molecular flexibility index (Phi) is 8.28. The highest BCUT2D eigenvalue weighted by Crippen LogP contribution is 2.38. The van der Waals surface area contributed by atoms with Crippen LogP contribution < -0.4 is 10.6 Å². The molecule has 0 unspecified atom stereocenters. The van der Waals surface area contributed by atoms with E-state index in [9.17, 15) is 18.4 Å². The van der Waals surface area contributed by atoms with Crippen LogP contribution in [0.3, 0.4) is 0 Å². The van der Waals surface area contributed by atoms with Crippen molar-refractivity contribution in [3.05, 3.63) is 87.3 Å². The summed E-state index contributed by atoms with van der Waals surface area (Å²) in [5.41, 5.74) is 0.528. The summed E-state index contributed by atoms with van der Waals surface area (Å²) in [5.74, 6) is -4.03. The van der Waals surface area contributed by atoms with E-state index in [0.717, 1.165) is 30.7 Å². The lowest BCUT2D eigenvalue weighted by atomic mass is 10.0. The maximum Gasteiger partial charge on any atom is 0.355 e. The summed E-state index contributed by atoms with van der Waals surface area (Å²) in [4.78, 5) is 43.6. The first-order valence-electron chi connectivity index (χ1n) is 14.2. The molecule has 3 aromatic heterocycles. The van der Waals surface area contributed by atoms with E-state index in [0.29, 0.717) is 42.2 Å². The fourth-order valence-corrected chi connectivity index (χ4v) is 5.83. The Balaban J connectivity index is 1.83. The van der Waals surface area contributed by atoms with Crippen LogP contribution in [0.1, 0.15) is 50.4 Å². The normalized spacial score (nSPS) is 15.7. The number of carbonyl (C=O) groups excluding carboxylic acids is 1. The van der Waals surface area contributed by atoms with Crippen molar-refractivity contribution in [3.63, 3.8) is 0 Å². The number of halogens is 4. The second kappa shape index (κ2) is 11.7. The van der Waals surface area contributed by atoms with Gasteiger partial charge in [0.2, 0.25) is 5.91 Å². The summed E-state index contributed by atoms with van der Waals surface area (Å²) in [6.45, 7) is 13.0. The number of benzene rings is 1. The molecule has 5 rings (SSSR count). The number of pyridine rings is 2. The lowest BCUT2D eigenvalue weighted by Gasteiger charge is -2.40. The summed E-state index contributed by atoms with van der Waals surface area (Å²) in [6.07, 6.45) is 2.91. The Morgan fingerprint density at radius 3 is 2.55 bits per heavy atom. The molecule has 1 fully saturated rings. The quantitative estimate of drug-likeness (QED) is 0.231. The van der Waals surface area contributed by atoms with E-state index in [-0.39, 0.29) is 39.8 Å². The third-order valence-corrected chi connectivity index (χ3v) is 8.13. The largest absolute Gasteiger partial charge is 0.355 e. The third-order valence-electron chi connectivity index (χ3n) is 7.84. The highest BCUT2D eigenvalue weighted by molar-refractivity contribution is 6.33. The second-order valence-electron chi connectivity index (χ2n) is 11.4. The first-order valence-corrected chi connectivity index (χ1v) is 14.6. The smallest absolute Gasteiger partial charge is 0.350 e. The van der Waals surface area contributed by atoms with Gasteiger partial charge in [-0.2, -0.15) is 4.98 Å². The molecule has 1 aliphatic heterocycles. The van der Waals surface area contributed by atoms with Crippen LogP contribution in [0.5, 0.6) is 0 Å². The number of piperazine rings is 1. The van der Waals surface area contributed by atoms with E-state index in [4.69, 9.17) is 16.6 Å². The Bertz CT molecular complexity index is 1850. The fraction of sp³-hybridized carbons (Fsp3) is 0.344. The monoisotopic (exact) mass is 624 g/mol. The number of amides is 1. The fourth-order valence-electron chi connectivity index (χ4n) is 5.58. The van der Waals surface area contributed by atoms with Gasteiger partial charge >= 0.3 is 5.69 Å². The maximum atomic E-state index is 15.2. The van der Waals surface area contributed by atoms with Gasteiger partial charge in [0.1, 0.15) is 11.6 Å². The van der Waals surface area contributed by atoms with E-state index < -0.39 is 23.0 Å². The maximum absolute atomic E-state index is 15.2. The number of rotatable bonds is 6. The highest BCUT2D eigenvalue weighted by atomic mass is 35.5. The summed E-state index contributed by atoms with van der Waals surface area (Å²) in [7, 11) is 0. The summed E-state index contributed by atoms with van der Waals surface area (Å²) < 4.78 is 45.1. The number of alkyl halides is 2. The molecule has 1 atom stereocenters. The van der Waals surface area contributed by atoms with Gasteiger partial charge in [0, 0.05) is 49.9 Å². The van der Waals surface area contributed by atoms with Crippen molar-refractivity contribution in [1.29, 1.82) is 0 Å². The molecule has 0 bridgehead atoms. The molecule has 1 aliphatic rings. The van der Waals surface area contributed by atoms with Crippen LogP contribution in [-0.2, 0) is 10.7 Å². The molecule has 230 valence electrons. The molecule has 1 aromatic carbocycles. The molecule has 0 radical (unpaired) electrons. The number of hydrogen-bond donors (Lipinski definition) is 0. The van der Waals surface area contributed by atoms with Gasteiger partial charge < -0.3 is 9.80 Å². The number of anilines is 1. The van der Waals surface area contributed by atoms with Crippen molar-refractivity contribution in [2.24, 2.45) is 0 Å². The van der Waals surface area contributed by atoms with E-state index >= 15 is 4.39 Å². The predicted octanol–water partition coefficient (Wildman–Crippen LogP) is 6.40. The number of hydrogen-bond acceptors (Lipinski definition) is 6. The van der Waals surface area contributed by atoms with Gasteiger partial charge in [0.15, 0.2) is 5.65 Å². The van der Waals surface area contributed by atoms with Gasteiger partial charge in [0.25, 0.3) is 5.92 Å². The van der Waals surface area contributed by atoms with Crippen molar-refractivity contribution in [1.82, 2.24) is 24.4 Å². The van der Waals surface area contributed by atoms with Gasteiger partial charge in [-0.3, -0.25) is 9.78 Å². The Morgan fingerprint density at radius 1 is 1.18 bits per heavy atom. The SMILES string of the molecule is C=CC(=O)N1CCN(c2nc(=O)n(-c3c(C)ccnc3C(C)C)c3nc(-c4cc(C(C)(F)F)ccc4F)c(Cl)cc23)[C@@H](C)C1. The molecule has 0 N–H and O–H groups in total. The van der Waals surface area contributed by atoms with Crippen LogP contribution >= 0.6 is 11.6 Å². The van der Waals surface area contributed by atoms with E-state index in [1.165, 1.54) is 16.7 Å². The third kappa shape index (κ3) is 5.56. The molecule has 4 heterocycles. The molecule has 8 nitrogen and oxygen atoms in total. The van der Waals surface area contributed by atoms with Crippen molar-refractivity contribution in [2.45, 2.75) is 52.5 Å². The van der Waals surface area contributed by atoms with E-state index in [2.05, 4.69) is 16.5 Å². The number of nitrogens with zero attached hydrogens (tertiary/aromatic N) is 6. The first-order chi connectivity index (χ1) is 20.7. The van der Waals surface area contributed by atoms with Gasteiger partial charge in [-0.1, -0.05) is 38.1 Å². The van der Waals surface area contributed by atoms with Crippen LogP contribution in [-0.4, -0.2) is 56.0 Å². The van der Waals surface area contributed by atoms with Gasteiger partial charge in [-0.05, 0) is 55.7 Å². The predicted molar refractivity (Wildman–Crippen MR) is 165 cm³/mol. The standard InChI is InChI=1S/C32H32ClF3N6O2/c1-7-25(43)40-12-13-41(19(5)16-40)29-22-15-23(33)27(21-14-20(32(6,35)36)8-9-24(21)34)38-30(22)42(31(44)39-29)28-18(4)10-11-37-26(28)17(2)3/h7-11,14-15,17,19H,1,12-13,16H2,2-6H3/t19-/m0/s1. The zero-order valence-corrected chi connectivity index (χ0v) is 25.8. The average molecular weight is 625 g/mol. The minimum atomic E-state index is -3.24. The van der Waals surface area contributed by atoms with Crippen LogP contribution in [0.4, 0.5) is 19.0 Å². The minimum absolute atomic E-state index is 0.0127. The Morgan fingerprint density at radius 2 is 1.91 bits per heavy atom. The number of carbonyl (C=O) groups is 1. The number of aromatic nitrogens is 4.